The van der Waals surface area contributed by atoms with Gasteiger partial charge in [-0.3, -0.25) is 13.6 Å². The molecular weight excluding hydrogens is 477 g/mol. The predicted octanol–water partition coefficient (Wildman–Crippen LogP) is 7.59. The van der Waals surface area contributed by atoms with Crippen LogP contribution in [0.15, 0.2) is 0 Å². The van der Waals surface area contributed by atoms with Crippen LogP contribution in [0.25, 0.3) is 21.3 Å². The molecule has 2 atom stereocenters. The van der Waals surface area contributed by atoms with E-state index in [0.717, 1.165) is 51.6 Å². The van der Waals surface area contributed by atoms with Crippen molar-refractivity contribution in [1.82, 2.24) is 0 Å². The van der Waals surface area contributed by atoms with Crippen LogP contribution < -0.4 is 0 Å². The summed E-state index contributed by atoms with van der Waals surface area (Å²) in [5.74, 6) is 0. The second kappa shape index (κ2) is 27.8. The summed E-state index contributed by atoms with van der Waals surface area (Å²) in [6, 6.07) is 0. The van der Waals surface area contributed by atoms with Crippen molar-refractivity contribution in [3.8, 4) is 0 Å². The average molecular weight is 528 g/mol. The molecule has 0 N–H and O–H groups in total. The molecule has 0 heterocycles. The third-order valence-electron chi connectivity index (χ3n) is 4.61. The number of rotatable bonds is 14. The van der Waals surface area contributed by atoms with Crippen molar-refractivity contribution in [1.29, 1.82) is 0 Å². The Morgan fingerprint density at radius 2 is 0.871 bits per heavy atom. The van der Waals surface area contributed by atoms with E-state index in [1.165, 1.54) is 0 Å². The number of carbonyl (C=O) groups excluding carboxylic acids is 2. The Kier molecular flexibility index (Phi) is 36.9. The molecule has 0 aromatic carbocycles. The van der Waals surface area contributed by atoms with E-state index in [9.17, 15) is 0 Å². The maximum atomic E-state index is 7.75. The fourth-order valence-electron chi connectivity index (χ4n) is 2.32. The maximum absolute atomic E-state index is 7.75. The molecule has 31 heavy (non-hydrogen) atoms. The van der Waals surface area contributed by atoms with Gasteiger partial charge >= 0.3 is 19.5 Å². The molecular formula is C24H50N4O2Ru. The molecule has 0 amide bonds. The average Bonchev–Trinajstić information content (AvgIpc) is 2.72. The van der Waals surface area contributed by atoms with Gasteiger partial charge in [-0.2, -0.15) is 13.1 Å². The first-order valence-electron chi connectivity index (χ1n) is 11.4. The maximum Gasteiger partial charge on any atom is 6.00 e. The van der Waals surface area contributed by atoms with Crippen LogP contribution in [0.3, 0.4) is 0 Å². The largest absolute Gasteiger partial charge is 6.00 e. The van der Waals surface area contributed by atoms with E-state index >= 15 is 0 Å². The molecule has 0 aliphatic heterocycles. The molecule has 0 rings (SSSR count). The summed E-state index contributed by atoms with van der Waals surface area (Å²) in [4.78, 5) is 15.5. The van der Waals surface area contributed by atoms with E-state index in [4.69, 9.17) is 20.2 Å². The standard InChI is InChI=1S/2C11H24N2.2CHO.Ru/c2*1-6-9-10(12-8-3)13-11(4,5)7-2;2*1-2;/h2*10H,6-9H2,1-5H3;2*1H;/q2*-2;2*-1;+6. The summed E-state index contributed by atoms with van der Waals surface area (Å²) in [5, 5.41) is 18.4. The summed E-state index contributed by atoms with van der Waals surface area (Å²) in [5.41, 5.74) is 0.191. The zero-order valence-electron chi connectivity index (χ0n) is 21.9. The molecule has 0 fully saturated rings. The molecule has 0 saturated carbocycles. The third-order valence-corrected chi connectivity index (χ3v) is 4.61. The van der Waals surface area contributed by atoms with Crippen molar-refractivity contribution in [2.45, 2.75) is 131 Å². The van der Waals surface area contributed by atoms with Crippen LogP contribution in [0.2, 0.25) is 0 Å². The topological polar surface area (TPSA) is 90.5 Å². The Labute approximate surface area is 208 Å². The van der Waals surface area contributed by atoms with Crippen molar-refractivity contribution in [2.75, 3.05) is 13.1 Å². The van der Waals surface area contributed by atoms with Gasteiger partial charge in [-0.25, -0.2) is 12.3 Å². The van der Waals surface area contributed by atoms with E-state index in [2.05, 4.69) is 93.4 Å². The Morgan fingerprint density at radius 1 is 0.613 bits per heavy atom. The summed E-state index contributed by atoms with van der Waals surface area (Å²) < 4.78 is 0. The van der Waals surface area contributed by atoms with Crippen LogP contribution in [0, 0.1) is 0 Å². The van der Waals surface area contributed by atoms with Crippen LogP contribution in [0.4, 0.5) is 0 Å². The van der Waals surface area contributed by atoms with Gasteiger partial charge in [0.05, 0.1) is 0 Å². The summed E-state index contributed by atoms with van der Waals surface area (Å²) in [6.45, 7) is 29.9. The normalized spacial score (nSPS) is 12.5. The fourth-order valence-corrected chi connectivity index (χ4v) is 2.32. The summed E-state index contributed by atoms with van der Waals surface area (Å²) in [6.07, 6.45) is 7.15. The minimum atomic E-state index is 0. The molecule has 0 aliphatic carbocycles. The van der Waals surface area contributed by atoms with Gasteiger partial charge in [-0.1, -0.05) is 108 Å². The molecule has 6 nitrogen and oxygen atoms in total. The van der Waals surface area contributed by atoms with Crippen molar-refractivity contribution < 1.29 is 29.1 Å². The van der Waals surface area contributed by atoms with Gasteiger partial charge in [0.1, 0.15) is 0 Å². The van der Waals surface area contributed by atoms with E-state index in [-0.39, 0.29) is 42.9 Å². The molecule has 2 unspecified atom stereocenters. The van der Waals surface area contributed by atoms with Crippen molar-refractivity contribution in [3.05, 3.63) is 21.3 Å². The van der Waals surface area contributed by atoms with Crippen molar-refractivity contribution in [2.24, 2.45) is 0 Å². The van der Waals surface area contributed by atoms with Gasteiger partial charge in [-0.15, -0.1) is 11.1 Å². The van der Waals surface area contributed by atoms with Crippen LogP contribution in [0.1, 0.15) is 108 Å². The summed E-state index contributed by atoms with van der Waals surface area (Å²) >= 11 is 0. The van der Waals surface area contributed by atoms with E-state index in [1.807, 2.05) is 0 Å². The first-order valence-corrected chi connectivity index (χ1v) is 11.4. The van der Waals surface area contributed by atoms with Crippen LogP contribution in [-0.4, -0.2) is 50.1 Å². The second-order valence-electron chi connectivity index (χ2n) is 8.13. The molecule has 0 saturated heterocycles. The smallest absolute Gasteiger partial charge is 0.678 e. The Morgan fingerprint density at radius 3 is 1.03 bits per heavy atom. The molecule has 0 bridgehead atoms. The van der Waals surface area contributed by atoms with Crippen LogP contribution in [0.5, 0.6) is 0 Å². The first-order chi connectivity index (χ1) is 14.1. The van der Waals surface area contributed by atoms with Gasteiger partial charge < -0.3 is 30.9 Å². The van der Waals surface area contributed by atoms with Gasteiger partial charge in [-0.05, 0) is 0 Å². The van der Waals surface area contributed by atoms with Crippen molar-refractivity contribution >= 4 is 13.6 Å². The van der Waals surface area contributed by atoms with Gasteiger partial charge in [0, 0.05) is 0 Å². The quantitative estimate of drug-likeness (QED) is 0.132. The summed E-state index contributed by atoms with van der Waals surface area (Å²) in [7, 11) is 0. The molecule has 0 aromatic heterocycles. The Hall–Kier alpha value is -0.197. The third kappa shape index (κ3) is 29.8. The molecule has 0 aliphatic rings. The minimum absolute atomic E-state index is 0. The molecule has 0 aromatic rings. The SMILES string of the molecule is CCCC([N-]CC)[N-]C(C)(C)CC.CCCC([N-]CC)[N-]C(C)(C)CC.[CH-]=O.[CH-]=O.[Ru+6]. The first kappa shape index (κ1) is 41.1. The molecule has 7 heteroatoms. The Balaban J connectivity index is -0.000000122. The minimum Gasteiger partial charge on any atom is -0.678 e. The molecule has 186 valence electrons. The van der Waals surface area contributed by atoms with Gasteiger partial charge in [0.15, 0.2) is 0 Å². The predicted molar refractivity (Wildman–Crippen MR) is 134 cm³/mol. The number of nitrogens with zero attached hydrogens (tertiary/aromatic N) is 4. The van der Waals surface area contributed by atoms with Crippen LogP contribution in [-0.2, 0) is 29.1 Å². The number of hydrogen-bond donors (Lipinski definition) is 0. The number of hydrogen-bond acceptors (Lipinski definition) is 2. The monoisotopic (exact) mass is 528 g/mol. The second-order valence-corrected chi connectivity index (χ2v) is 8.13. The van der Waals surface area contributed by atoms with Gasteiger partial charge in [0.25, 0.3) is 0 Å². The van der Waals surface area contributed by atoms with E-state index in [1.54, 1.807) is 0 Å². The Bertz CT molecular complexity index is 302. The van der Waals surface area contributed by atoms with E-state index < -0.39 is 0 Å². The van der Waals surface area contributed by atoms with Crippen LogP contribution >= 0.6 is 0 Å². The molecule has 0 radical (unpaired) electrons. The zero-order chi connectivity index (χ0) is 24.6. The molecule has 0 spiro atoms. The van der Waals surface area contributed by atoms with E-state index in [0.29, 0.717) is 0 Å². The zero-order valence-corrected chi connectivity index (χ0v) is 23.7. The van der Waals surface area contributed by atoms with Crippen molar-refractivity contribution in [3.63, 3.8) is 0 Å². The fraction of sp³-hybridized carbons (Fsp3) is 0.917. The van der Waals surface area contributed by atoms with Gasteiger partial charge in [0.2, 0.25) is 0 Å².